The van der Waals surface area contributed by atoms with Crippen molar-refractivity contribution in [2.45, 2.75) is 25.8 Å². The molecular weight excluding hydrogens is 226 g/mol. The van der Waals surface area contributed by atoms with E-state index in [1.165, 1.54) is 0 Å². The van der Waals surface area contributed by atoms with Crippen LogP contribution in [-0.4, -0.2) is 25.4 Å². The highest BCUT2D eigenvalue weighted by Crippen LogP contribution is 2.49. The molecule has 0 aromatic carbocycles. The van der Waals surface area contributed by atoms with Crippen molar-refractivity contribution in [2.75, 3.05) is 0 Å². The first kappa shape index (κ1) is 10.4. The van der Waals surface area contributed by atoms with Gasteiger partial charge in [0, 0.05) is 37.0 Å². The zero-order chi connectivity index (χ0) is 12.0. The Bertz CT molecular complexity index is 543. The van der Waals surface area contributed by atoms with Crippen LogP contribution in [0.5, 0.6) is 0 Å². The highest BCUT2D eigenvalue weighted by Gasteiger charge is 2.56. The van der Waals surface area contributed by atoms with Gasteiger partial charge in [0.15, 0.2) is 5.82 Å². The molecule has 1 atom stereocenters. The Morgan fingerprint density at radius 3 is 2.88 bits per heavy atom. The molecule has 0 bridgehead atoms. The van der Waals surface area contributed by atoms with Gasteiger partial charge in [0.05, 0.1) is 6.33 Å². The lowest BCUT2D eigenvalue weighted by Gasteiger charge is -2.05. The first-order valence-corrected chi connectivity index (χ1v) is 5.47. The minimum absolute atomic E-state index is 0.0236. The molecule has 2 aromatic heterocycles. The zero-order valence-electron chi connectivity index (χ0n) is 9.32. The molecule has 1 N–H and O–H groups in total. The summed E-state index contributed by atoms with van der Waals surface area (Å²) < 4.78 is 27.5. The number of hydrogen-bond donors (Lipinski definition) is 1. The Morgan fingerprint density at radius 1 is 1.53 bits per heavy atom. The van der Waals surface area contributed by atoms with Crippen molar-refractivity contribution in [2.24, 2.45) is 5.92 Å². The van der Waals surface area contributed by atoms with E-state index in [2.05, 4.69) is 15.0 Å². The maximum Gasteiger partial charge on any atom is 0.253 e. The quantitative estimate of drug-likeness (QED) is 0.891. The molecule has 1 aliphatic rings. The third-order valence-corrected chi connectivity index (χ3v) is 3.13. The Morgan fingerprint density at radius 2 is 2.29 bits per heavy atom. The van der Waals surface area contributed by atoms with Crippen LogP contribution in [0.3, 0.4) is 0 Å². The number of alkyl halides is 2. The monoisotopic (exact) mass is 238 g/mol. The van der Waals surface area contributed by atoms with E-state index in [1.807, 2.05) is 6.92 Å². The second kappa shape index (κ2) is 3.38. The van der Waals surface area contributed by atoms with Gasteiger partial charge in [-0.3, -0.25) is 0 Å². The molecule has 1 aliphatic carbocycles. The molecule has 2 aromatic rings. The highest BCUT2D eigenvalue weighted by molar-refractivity contribution is 5.52. The van der Waals surface area contributed by atoms with E-state index in [-0.39, 0.29) is 6.42 Å². The summed E-state index contributed by atoms with van der Waals surface area (Å²) in [5, 5.41) is 0. The van der Waals surface area contributed by atoms with Crippen molar-refractivity contribution in [3.63, 3.8) is 0 Å². The summed E-state index contributed by atoms with van der Waals surface area (Å²) in [6, 6.07) is 0. The Labute approximate surface area is 96.7 Å². The Kier molecular flexibility index (Phi) is 2.08. The van der Waals surface area contributed by atoms with Crippen LogP contribution < -0.4 is 0 Å². The van der Waals surface area contributed by atoms with Gasteiger partial charge in [-0.15, -0.1) is 0 Å². The molecule has 0 saturated heterocycles. The lowest BCUT2D eigenvalue weighted by atomic mass is 10.3. The van der Waals surface area contributed by atoms with Gasteiger partial charge in [0.2, 0.25) is 0 Å². The second-order valence-corrected chi connectivity index (χ2v) is 4.44. The smallest absolute Gasteiger partial charge is 0.253 e. The molecule has 17 heavy (non-hydrogen) atoms. The maximum atomic E-state index is 12.9. The minimum atomic E-state index is -2.50. The fourth-order valence-corrected chi connectivity index (χ4v) is 1.96. The summed E-state index contributed by atoms with van der Waals surface area (Å²) in [6.45, 7) is 2.18. The molecule has 0 radical (unpaired) electrons. The number of nitrogens with one attached hydrogen (secondary N) is 1. The lowest BCUT2D eigenvalue weighted by molar-refractivity contribution is 0.0952. The summed E-state index contributed by atoms with van der Waals surface area (Å²) in [7, 11) is 0. The van der Waals surface area contributed by atoms with Crippen molar-refractivity contribution in [1.82, 2.24) is 19.5 Å². The molecule has 1 unspecified atom stereocenters. The van der Waals surface area contributed by atoms with Crippen molar-refractivity contribution in [3.05, 3.63) is 24.4 Å². The largest absolute Gasteiger partial charge is 0.348 e. The molecule has 2 heterocycles. The van der Waals surface area contributed by atoms with Crippen LogP contribution in [0.1, 0.15) is 12.1 Å². The fraction of sp³-hybridized carbons (Fsp3) is 0.455. The normalized spacial score (nSPS) is 21.7. The minimum Gasteiger partial charge on any atom is -0.348 e. The van der Waals surface area contributed by atoms with E-state index < -0.39 is 11.8 Å². The van der Waals surface area contributed by atoms with E-state index in [0.717, 1.165) is 11.4 Å². The Hall–Kier alpha value is -1.72. The van der Waals surface area contributed by atoms with Gasteiger partial charge < -0.3 is 9.55 Å². The van der Waals surface area contributed by atoms with E-state index in [1.54, 1.807) is 23.3 Å². The summed E-state index contributed by atoms with van der Waals surface area (Å²) in [4.78, 5) is 11.3. The lowest BCUT2D eigenvalue weighted by Crippen LogP contribution is -2.06. The van der Waals surface area contributed by atoms with Gasteiger partial charge in [0.25, 0.3) is 5.92 Å². The number of aromatic amines is 1. The fourth-order valence-electron chi connectivity index (χ4n) is 1.96. The third-order valence-electron chi connectivity index (χ3n) is 3.13. The average Bonchev–Trinajstić information content (AvgIpc) is 2.70. The van der Waals surface area contributed by atoms with Crippen LogP contribution in [0.2, 0.25) is 0 Å². The van der Waals surface area contributed by atoms with Crippen molar-refractivity contribution in [1.29, 1.82) is 0 Å². The number of H-pyrrole nitrogens is 1. The van der Waals surface area contributed by atoms with Crippen molar-refractivity contribution in [3.8, 4) is 11.5 Å². The van der Waals surface area contributed by atoms with E-state index in [9.17, 15) is 8.78 Å². The first-order chi connectivity index (χ1) is 8.08. The second-order valence-electron chi connectivity index (χ2n) is 4.44. The predicted octanol–water partition coefficient (Wildman–Crippen LogP) is 2.24. The van der Waals surface area contributed by atoms with Crippen LogP contribution in [-0.2, 0) is 6.54 Å². The highest BCUT2D eigenvalue weighted by atomic mass is 19.3. The average molecular weight is 238 g/mol. The number of imidazole rings is 2. The summed E-state index contributed by atoms with van der Waals surface area (Å²) >= 11 is 0. The van der Waals surface area contributed by atoms with Gasteiger partial charge in [-0.1, -0.05) is 0 Å². The SMILES string of the molecule is Cc1[nH]cnc1-c1nccn1CC1CC1(F)F. The molecule has 1 saturated carbocycles. The molecular formula is C11H12F2N4. The molecule has 0 aliphatic heterocycles. The molecule has 6 heteroatoms. The molecule has 0 amide bonds. The topological polar surface area (TPSA) is 46.5 Å². The van der Waals surface area contributed by atoms with Crippen LogP contribution in [0.25, 0.3) is 11.5 Å². The van der Waals surface area contributed by atoms with Gasteiger partial charge in [-0.2, -0.15) is 0 Å². The zero-order valence-corrected chi connectivity index (χ0v) is 9.32. The van der Waals surface area contributed by atoms with Crippen LogP contribution >= 0.6 is 0 Å². The first-order valence-electron chi connectivity index (χ1n) is 5.47. The number of aryl methyl sites for hydroxylation is 1. The number of halogens is 2. The van der Waals surface area contributed by atoms with Gasteiger partial charge in [0.1, 0.15) is 5.69 Å². The van der Waals surface area contributed by atoms with Gasteiger partial charge in [-0.25, -0.2) is 18.7 Å². The van der Waals surface area contributed by atoms with E-state index in [4.69, 9.17) is 0 Å². The van der Waals surface area contributed by atoms with Gasteiger partial charge in [-0.05, 0) is 6.92 Å². The molecule has 0 spiro atoms. The predicted molar refractivity (Wildman–Crippen MR) is 57.6 cm³/mol. The summed E-state index contributed by atoms with van der Waals surface area (Å²) in [5.41, 5.74) is 1.61. The van der Waals surface area contributed by atoms with Gasteiger partial charge >= 0.3 is 0 Å². The molecule has 90 valence electrons. The molecule has 3 rings (SSSR count). The number of hydrogen-bond acceptors (Lipinski definition) is 2. The maximum absolute atomic E-state index is 12.9. The Balaban J connectivity index is 1.88. The third kappa shape index (κ3) is 1.73. The van der Waals surface area contributed by atoms with Crippen LogP contribution in [0.4, 0.5) is 8.78 Å². The van der Waals surface area contributed by atoms with E-state index >= 15 is 0 Å². The molecule has 1 fully saturated rings. The van der Waals surface area contributed by atoms with Crippen LogP contribution in [0, 0.1) is 12.8 Å². The van der Waals surface area contributed by atoms with Crippen molar-refractivity contribution < 1.29 is 8.78 Å². The number of rotatable bonds is 3. The van der Waals surface area contributed by atoms with E-state index in [0.29, 0.717) is 12.4 Å². The number of aromatic nitrogens is 4. The number of nitrogens with zero attached hydrogens (tertiary/aromatic N) is 3. The summed E-state index contributed by atoms with van der Waals surface area (Å²) in [5.74, 6) is -2.41. The van der Waals surface area contributed by atoms with Crippen LogP contribution in [0.15, 0.2) is 18.7 Å². The standard InChI is InChI=1S/C11H12F2N4/c1-7-9(16-6-15-7)10-14-2-3-17(10)5-8-4-11(8,12)13/h2-3,6,8H,4-5H2,1H3,(H,15,16). The summed E-state index contributed by atoms with van der Waals surface area (Å²) in [6.07, 6.45) is 4.89. The molecule has 4 nitrogen and oxygen atoms in total. The van der Waals surface area contributed by atoms with Crippen molar-refractivity contribution >= 4 is 0 Å².